The van der Waals surface area contributed by atoms with Gasteiger partial charge >= 0.3 is 0 Å². The van der Waals surface area contributed by atoms with Crippen molar-refractivity contribution < 1.29 is 9.84 Å². The summed E-state index contributed by atoms with van der Waals surface area (Å²) in [6, 6.07) is 5.34. The van der Waals surface area contributed by atoms with Crippen molar-refractivity contribution in [2.45, 2.75) is 19.7 Å². The highest BCUT2D eigenvalue weighted by Gasteiger charge is 2.08. The summed E-state index contributed by atoms with van der Waals surface area (Å²) >= 11 is 13.5. The molecule has 0 fully saturated rings. The van der Waals surface area contributed by atoms with Crippen LogP contribution in [-0.2, 0) is 24.4 Å². The normalized spacial score (nSPS) is 10.9. The number of hydrogen-bond donors (Lipinski definition) is 2. The second kappa shape index (κ2) is 7.29. The van der Waals surface area contributed by atoms with Gasteiger partial charge in [0.1, 0.15) is 5.75 Å². The molecule has 2 aromatic rings. The molecule has 0 atom stereocenters. The molecule has 0 radical (unpaired) electrons. The Hall–Kier alpha value is -0.780. The number of aromatic hydroxyl groups is 1. The van der Waals surface area contributed by atoms with E-state index in [1.165, 1.54) is 16.5 Å². The molecule has 20 heavy (non-hydrogen) atoms. The maximum Gasteiger partial charge on any atom is 0.138 e. The number of rotatable bonds is 6. The number of methoxy groups -OCH3 is 1. The van der Waals surface area contributed by atoms with E-state index in [9.17, 15) is 5.11 Å². The van der Waals surface area contributed by atoms with Gasteiger partial charge in [-0.15, -0.1) is 11.3 Å². The van der Waals surface area contributed by atoms with Crippen LogP contribution < -0.4 is 5.32 Å². The third-order valence-corrected chi connectivity index (χ3v) is 4.23. The van der Waals surface area contributed by atoms with Crippen LogP contribution in [-0.4, -0.2) is 12.2 Å². The fourth-order valence-electron chi connectivity index (χ4n) is 1.84. The summed E-state index contributed by atoms with van der Waals surface area (Å²) in [6.07, 6.45) is 0. The van der Waals surface area contributed by atoms with Crippen molar-refractivity contribution >= 4 is 34.5 Å². The Morgan fingerprint density at radius 1 is 1.25 bits per heavy atom. The Labute approximate surface area is 132 Å². The Bertz CT molecular complexity index is 587. The summed E-state index contributed by atoms with van der Waals surface area (Å²) in [4.78, 5) is 1.21. The van der Waals surface area contributed by atoms with Crippen LogP contribution in [0.15, 0.2) is 23.6 Å². The third kappa shape index (κ3) is 4.11. The first kappa shape index (κ1) is 15.6. The Morgan fingerprint density at radius 3 is 2.80 bits per heavy atom. The molecule has 6 heteroatoms. The molecule has 1 heterocycles. The minimum absolute atomic E-state index is 0.0785. The molecule has 0 aliphatic carbocycles. The summed E-state index contributed by atoms with van der Waals surface area (Å²) in [6.45, 7) is 1.85. The molecular weight excluding hydrogens is 317 g/mol. The summed E-state index contributed by atoms with van der Waals surface area (Å²) in [7, 11) is 1.68. The monoisotopic (exact) mass is 331 g/mol. The van der Waals surface area contributed by atoms with Crippen LogP contribution in [0, 0.1) is 0 Å². The maximum atomic E-state index is 9.85. The smallest absolute Gasteiger partial charge is 0.138 e. The van der Waals surface area contributed by atoms with E-state index in [1.54, 1.807) is 24.5 Å². The number of phenols is 1. The van der Waals surface area contributed by atoms with Crippen LogP contribution in [0.2, 0.25) is 10.0 Å². The molecule has 108 valence electrons. The van der Waals surface area contributed by atoms with E-state index >= 15 is 0 Å². The molecule has 2 rings (SSSR count). The van der Waals surface area contributed by atoms with Gasteiger partial charge in [-0.25, -0.2) is 0 Å². The second-order valence-corrected chi connectivity index (χ2v) is 6.19. The highest BCUT2D eigenvalue weighted by Crippen LogP contribution is 2.31. The van der Waals surface area contributed by atoms with Gasteiger partial charge in [-0.1, -0.05) is 23.2 Å². The van der Waals surface area contributed by atoms with Crippen LogP contribution >= 0.6 is 34.5 Å². The molecule has 0 aliphatic rings. The zero-order chi connectivity index (χ0) is 14.5. The standard InChI is InChI=1S/C14H15Cl2NO2S/c1-19-7-9-2-12(20-8-9)6-17-5-10-3-11(15)4-13(16)14(10)18/h2-4,8,17-18H,5-7H2,1H3. The number of thiophene rings is 1. The number of ether oxygens (including phenoxy) is 1. The number of nitrogens with one attached hydrogen (secondary N) is 1. The Kier molecular flexibility index (Phi) is 5.69. The van der Waals surface area contributed by atoms with Crippen LogP contribution in [0.3, 0.4) is 0 Å². The molecule has 0 amide bonds. The third-order valence-electron chi connectivity index (χ3n) is 2.74. The van der Waals surface area contributed by atoms with Crippen LogP contribution in [0.5, 0.6) is 5.75 Å². The Morgan fingerprint density at radius 2 is 2.05 bits per heavy atom. The summed E-state index contributed by atoms with van der Waals surface area (Å²) in [5, 5.41) is 16.0. The summed E-state index contributed by atoms with van der Waals surface area (Å²) < 4.78 is 5.08. The number of phenolic OH excluding ortho intramolecular Hbond substituents is 1. The first-order chi connectivity index (χ1) is 9.60. The van der Waals surface area contributed by atoms with Crippen molar-refractivity contribution in [1.29, 1.82) is 0 Å². The van der Waals surface area contributed by atoms with Crippen molar-refractivity contribution in [3.05, 3.63) is 49.6 Å². The lowest BCUT2D eigenvalue weighted by Crippen LogP contribution is -2.12. The first-order valence-electron chi connectivity index (χ1n) is 6.03. The predicted octanol–water partition coefficient (Wildman–Crippen LogP) is 4.20. The zero-order valence-corrected chi connectivity index (χ0v) is 13.3. The van der Waals surface area contributed by atoms with Crippen LogP contribution in [0.1, 0.15) is 16.0 Å². The Balaban J connectivity index is 1.92. The summed E-state index contributed by atoms with van der Waals surface area (Å²) in [5.74, 6) is 0.0785. The van der Waals surface area contributed by atoms with Gasteiger partial charge in [0.05, 0.1) is 11.6 Å². The van der Waals surface area contributed by atoms with Gasteiger partial charge in [0.25, 0.3) is 0 Å². The predicted molar refractivity (Wildman–Crippen MR) is 83.7 cm³/mol. The van der Waals surface area contributed by atoms with Crippen LogP contribution in [0.25, 0.3) is 0 Å². The van der Waals surface area contributed by atoms with Gasteiger partial charge in [0.2, 0.25) is 0 Å². The van der Waals surface area contributed by atoms with Crippen molar-refractivity contribution in [3.63, 3.8) is 0 Å². The van der Waals surface area contributed by atoms with Gasteiger partial charge in [-0.2, -0.15) is 0 Å². The minimum Gasteiger partial charge on any atom is -0.506 e. The lowest BCUT2D eigenvalue weighted by Gasteiger charge is -2.08. The lowest BCUT2D eigenvalue weighted by molar-refractivity contribution is 0.185. The van der Waals surface area contributed by atoms with Crippen molar-refractivity contribution in [2.24, 2.45) is 0 Å². The highest BCUT2D eigenvalue weighted by molar-refractivity contribution is 7.10. The van der Waals surface area contributed by atoms with E-state index < -0.39 is 0 Å². The fraction of sp³-hybridized carbons (Fsp3) is 0.286. The zero-order valence-electron chi connectivity index (χ0n) is 11.0. The molecular formula is C14H15Cl2NO2S. The topological polar surface area (TPSA) is 41.5 Å². The molecule has 1 aromatic carbocycles. The first-order valence-corrected chi connectivity index (χ1v) is 7.66. The van der Waals surface area contributed by atoms with Gasteiger partial charge < -0.3 is 15.2 Å². The fourth-order valence-corrected chi connectivity index (χ4v) is 3.21. The van der Waals surface area contributed by atoms with Gasteiger partial charge in [0.15, 0.2) is 0 Å². The van der Waals surface area contributed by atoms with Crippen molar-refractivity contribution in [2.75, 3.05) is 7.11 Å². The molecule has 0 unspecified atom stereocenters. The van der Waals surface area contributed by atoms with Crippen LogP contribution in [0.4, 0.5) is 0 Å². The average molecular weight is 332 g/mol. The lowest BCUT2D eigenvalue weighted by atomic mass is 10.2. The van der Waals surface area contributed by atoms with E-state index in [0.29, 0.717) is 23.7 Å². The van der Waals surface area contributed by atoms with E-state index in [0.717, 1.165) is 6.54 Å². The quantitative estimate of drug-likeness (QED) is 0.833. The van der Waals surface area contributed by atoms with E-state index in [2.05, 4.69) is 16.8 Å². The number of hydrogen-bond acceptors (Lipinski definition) is 4. The summed E-state index contributed by atoms with van der Waals surface area (Å²) in [5.41, 5.74) is 1.86. The number of benzene rings is 1. The molecule has 2 N–H and O–H groups in total. The minimum atomic E-state index is 0.0785. The van der Waals surface area contributed by atoms with Crippen molar-refractivity contribution in [3.8, 4) is 5.75 Å². The second-order valence-electron chi connectivity index (χ2n) is 4.35. The molecule has 0 aliphatic heterocycles. The van der Waals surface area contributed by atoms with Crippen molar-refractivity contribution in [1.82, 2.24) is 5.32 Å². The van der Waals surface area contributed by atoms with E-state index in [4.69, 9.17) is 27.9 Å². The maximum absolute atomic E-state index is 9.85. The van der Waals surface area contributed by atoms with Gasteiger partial charge in [0, 0.05) is 35.7 Å². The molecule has 0 saturated carbocycles. The van der Waals surface area contributed by atoms with Gasteiger partial charge in [-0.3, -0.25) is 0 Å². The highest BCUT2D eigenvalue weighted by atomic mass is 35.5. The van der Waals surface area contributed by atoms with E-state index in [-0.39, 0.29) is 10.8 Å². The largest absolute Gasteiger partial charge is 0.506 e. The number of halogens is 2. The molecule has 0 saturated heterocycles. The molecule has 0 spiro atoms. The SMILES string of the molecule is COCc1csc(CNCc2cc(Cl)cc(Cl)c2O)c1. The van der Waals surface area contributed by atoms with E-state index in [1.807, 2.05) is 0 Å². The van der Waals surface area contributed by atoms with Gasteiger partial charge in [-0.05, 0) is 29.1 Å². The molecule has 1 aromatic heterocycles. The molecule has 0 bridgehead atoms. The molecule has 3 nitrogen and oxygen atoms in total. The average Bonchev–Trinajstić information content (AvgIpc) is 2.83.